The monoisotopic (exact) mass is 265 g/mol. The SMILES string of the molecule is Nc1ccn(CO[C@H](CO)C(O)C(F)F)c(=O)n1. The number of halogens is 2. The average molecular weight is 265 g/mol. The third kappa shape index (κ3) is 3.72. The quantitative estimate of drug-likeness (QED) is 0.595. The summed E-state index contributed by atoms with van der Waals surface area (Å²) in [5.74, 6) is 0.0163. The maximum Gasteiger partial charge on any atom is 0.351 e. The lowest BCUT2D eigenvalue weighted by atomic mass is 10.2. The molecule has 1 unspecified atom stereocenters. The highest BCUT2D eigenvalue weighted by molar-refractivity contribution is 5.23. The molecule has 0 saturated carbocycles. The normalized spacial score (nSPS) is 14.7. The molecule has 0 aliphatic carbocycles. The van der Waals surface area contributed by atoms with Crippen molar-refractivity contribution in [1.82, 2.24) is 9.55 Å². The van der Waals surface area contributed by atoms with Crippen LogP contribution in [-0.2, 0) is 11.5 Å². The minimum Gasteiger partial charge on any atom is -0.394 e. The molecule has 4 N–H and O–H groups in total. The van der Waals surface area contributed by atoms with Crippen LogP contribution in [-0.4, -0.2) is 45.0 Å². The smallest absolute Gasteiger partial charge is 0.351 e. The molecule has 1 rings (SSSR count). The number of alkyl halides is 2. The first-order chi connectivity index (χ1) is 8.45. The molecule has 0 bridgehead atoms. The van der Waals surface area contributed by atoms with E-state index < -0.39 is 37.7 Å². The van der Waals surface area contributed by atoms with Crippen molar-refractivity contribution in [3.63, 3.8) is 0 Å². The van der Waals surface area contributed by atoms with Gasteiger partial charge in [-0.25, -0.2) is 13.6 Å². The second kappa shape index (κ2) is 6.38. The molecular weight excluding hydrogens is 252 g/mol. The topological polar surface area (TPSA) is 111 Å². The van der Waals surface area contributed by atoms with Crippen LogP contribution in [0.1, 0.15) is 0 Å². The summed E-state index contributed by atoms with van der Waals surface area (Å²) in [5, 5.41) is 17.8. The number of aromatic nitrogens is 2. The van der Waals surface area contributed by atoms with Crippen molar-refractivity contribution in [3.8, 4) is 0 Å². The Balaban J connectivity index is 2.65. The predicted molar refractivity (Wildman–Crippen MR) is 56.9 cm³/mol. The maximum absolute atomic E-state index is 12.2. The first-order valence-electron chi connectivity index (χ1n) is 4.97. The van der Waals surface area contributed by atoms with Crippen LogP contribution in [0.3, 0.4) is 0 Å². The van der Waals surface area contributed by atoms with Crippen LogP contribution in [0.5, 0.6) is 0 Å². The van der Waals surface area contributed by atoms with Gasteiger partial charge in [0, 0.05) is 6.20 Å². The molecular formula is C9H13F2N3O4. The van der Waals surface area contributed by atoms with Crippen molar-refractivity contribution in [2.75, 3.05) is 12.3 Å². The molecule has 0 saturated heterocycles. The molecule has 0 fully saturated rings. The van der Waals surface area contributed by atoms with Gasteiger partial charge in [-0.1, -0.05) is 0 Å². The van der Waals surface area contributed by atoms with Crippen LogP contribution in [0.15, 0.2) is 17.1 Å². The number of aliphatic hydroxyl groups excluding tert-OH is 2. The molecule has 18 heavy (non-hydrogen) atoms. The van der Waals surface area contributed by atoms with Gasteiger partial charge in [-0.2, -0.15) is 4.98 Å². The van der Waals surface area contributed by atoms with Gasteiger partial charge in [0.15, 0.2) is 0 Å². The Morgan fingerprint density at radius 2 is 2.22 bits per heavy atom. The van der Waals surface area contributed by atoms with Crippen LogP contribution >= 0.6 is 0 Å². The number of nitrogen functional groups attached to an aromatic ring is 1. The maximum atomic E-state index is 12.2. The van der Waals surface area contributed by atoms with E-state index in [1.165, 1.54) is 12.3 Å². The minimum absolute atomic E-state index is 0.0163. The number of nitrogens with zero attached hydrogens (tertiary/aromatic N) is 2. The first kappa shape index (κ1) is 14.5. The zero-order valence-corrected chi connectivity index (χ0v) is 9.24. The molecule has 1 aromatic heterocycles. The third-order valence-corrected chi connectivity index (χ3v) is 2.14. The van der Waals surface area contributed by atoms with Crippen LogP contribution in [0.4, 0.5) is 14.6 Å². The van der Waals surface area contributed by atoms with Gasteiger partial charge in [-0.15, -0.1) is 0 Å². The van der Waals surface area contributed by atoms with Gasteiger partial charge in [0.05, 0.1) is 6.61 Å². The molecule has 9 heteroatoms. The second-order valence-corrected chi connectivity index (χ2v) is 3.45. The van der Waals surface area contributed by atoms with E-state index in [1.807, 2.05) is 0 Å². The van der Waals surface area contributed by atoms with Crippen LogP contribution < -0.4 is 11.4 Å². The summed E-state index contributed by atoms with van der Waals surface area (Å²) in [4.78, 5) is 14.7. The van der Waals surface area contributed by atoms with Gasteiger partial charge < -0.3 is 20.7 Å². The molecule has 0 aliphatic rings. The van der Waals surface area contributed by atoms with E-state index in [0.717, 1.165) is 4.57 Å². The van der Waals surface area contributed by atoms with E-state index in [2.05, 4.69) is 4.98 Å². The van der Waals surface area contributed by atoms with Gasteiger partial charge in [0.2, 0.25) is 0 Å². The Bertz CT molecular complexity index is 440. The van der Waals surface area contributed by atoms with Gasteiger partial charge in [0.1, 0.15) is 24.8 Å². The fourth-order valence-corrected chi connectivity index (χ4v) is 1.14. The Hall–Kier alpha value is -1.58. The van der Waals surface area contributed by atoms with E-state index in [4.69, 9.17) is 20.7 Å². The van der Waals surface area contributed by atoms with Crippen molar-refractivity contribution < 1.29 is 23.7 Å². The Morgan fingerprint density at radius 3 is 2.72 bits per heavy atom. The number of rotatable bonds is 6. The summed E-state index contributed by atoms with van der Waals surface area (Å²) in [6, 6.07) is 1.32. The van der Waals surface area contributed by atoms with E-state index in [-0.39, 0.29) is 5.82 Å². The number of hydrogen-bond acceptors (Lipinski definition) is 6. The highest BCUT2D eigenvalue weighted by atomic mass is 19.3. The molecule has 1 aromatic rings. The molecule has 0 aromatic carbocycles. The second-order valence-electron chi connectivity index (χ2n) is 3.45. The van der Waals surface area contributed by atoms with Crippen molar-refractivity contribution in [3.05, 3.63) is 22.7 Å². The molecule has 0 amide bonds. The highest BCUT2D eigenvalue weighted by Gasteiger charge is 2.27. The lowest BCUT2D eigenvalue weighted by Crippen LogP contribution is -2.39. The fraction of sp³-hybridized carbons (Fsp3) is 0.556. The van der Waals surface area contributed by atoms with Crippen LogP contribution in [0.2, 0.25) is 0 Å². The lowest BCUT2D eigenvalue weighted by Gasteiger charge is -2.20. The van der Waals surface area contributed by atoms with Crippen molar-refractivity contribution in [2.24, 2.45) is 0 Å². The van der Waals surface area contributed by atoms with Crippen molar-refractivity contribution in [1.29, 1.82) is 0 Å². The predicted octanol–water partition coefficient (Wildman–Crippen LogP) is -1.21. The molecule has 0 aliphatic heterocycles. The zero-order valence-electron chi connectivity index (χ0n) is 9.24. The van der Waals surface area contributed by atoms with Gasteiger partial charge in [-0.05, 0) is 6.07 Å². The summed E-state index contributed by atoms with van der Waals surface area (Å²) < 4.78 is 30.1. The number of aliphatic hydroxyl groups is 2. The third-order valence-electron chi connectivity index (χ3n) is 2.14. The van der Waals surface area contributed by atoms with E-state index in [1.54, 1.807) is 0 Å². The number of anilines is 1. The van der Waals surface area contributed by atoms with Gasteiger partial charge in [0.25, 0.3) is 6.43 Å². The summed E-state index contributed by atoms with van der Waals surface area (Å²) in [5.41, 5.74) is 4.53. The number of ether oxygens (including phenoxy) is 1. The van der Waals surface area contributed by atoms with E-state index >= 15 is 0 Å². The summed E-state index contributed by atoms with van der Waals surface area (Å²) in [6.45, 7) is -1.23. The van der Waals surface area contributed by atoms with Gasteiger partial charge in [-0.3, -0.25) is 4.57 Å². The molecule has 0 spiro atoms. The minimum atomic E-state index is -3.05. The largest absolute Gasteiger partial charge is 0.394 e. The summed E-state index contributed by atoms with van der Waals surface area (Å²) in [6.07, 6.45) is -5.42. The number of hydrogen-bond donors (Lipinski definition) is 3. The Morgan fingerprint density at radius 1 is 1.56 bits per heavy atom. The molecule has 0 radical (unpaired) electrons. The zero-order chi connectivity index (χ0) is 13.7. The van der Waals surface area contributed by atoms with E-state index in [9.17, 15) is 13.6 Å². The molecule has 1 heterocycles. The van der Waals surface area contributed by atoms with Crippen LogP contribution in [0, 0.1) is 0 Å². The van der Waals surface area contributed by atoms with Crippen LogP contribution in [0.25, 0.3) is 0 Å². The Kier molecular flexibility index (Phi) is 5.13. The lowest BCUT2D eigenvalue weighted by molar-refractivity contribution is -0.133. The summed E-state index contributed by atoms with van der Waals surface area (Å²) >= 11 is 0. The van der Waals surface area contributed by atoms with Crippen molar-refractivity contribution in [2.45, 2.75) is 25.4 Å². The number of nitrogens with two attached hydrogens (primary N) is 1. The fourth-order valence-electron chi connectivity index (χ4n) is 1.14. The first-order valence-corrected chi connectivity index (χ1v) is 4.97. The highest BCUT2D eigenvalue weighted by Crippen LogP contribution is 2.09. The van der Waals surface area contributed by atoms with Gasteiger partial charge >= 0.3 is 5.69 Å². The molecule has 2 atom stereocenters. The van der Waals surface area contributed by atoms with Crippen molar-refractivity contribution >= 4 is 5.82 Å². The summed E-state index contributed by atoms with van der Waals surface area (Å²) in [7, 11) is 0. The molecule has 7 nitrogen and oxygen atoms in total. The molecule has 102 valence electrons. The average Bonchev–Trinajstić information content (AvgIpc) is 2.31. The Labute approximate surface area is 100 Å². The van der Waals surface area contributed by atoms with E-state index in [0.29, 0.717) is 0 Å². The standard InChI is InChI=1S/C9H13F2N3O4/c10-8(11)7(16)5(3-15)18-4-14-2-1-6(12)13-9(14)17/h1-2,5,7-8,15-16H,3-4H2,(H2,12,13,17)/t5-,7?/m1/s1.